The molecule has 36 heavy (non-hydrogen) atoms. The van der Waals surface area contributed by atoms with Crippen molar-refractivity contribution in [1.29, 1.82) is 0 Å². The quantitative estimate of drug-likeness (QED) is 0.308. The number of imide groups is 1. The predicted octanol–water partition coefficient (Wildman–Crippen LogP) is 6.22. The molecular weight excluding hydrogens is 468 g/mol. The van der Waals surface area contributed by atoms with Crippen LogP contribution in [0.25, 0.3) is 22.5 Å². The summed E-state index contributed by atoms with van der Waals surface area (Å²) in [6, 6.07) is 17.0. The van der Waals surface area contributed by atoms with Crippen molar-refractivity contribution in [2.75, 3.05) is 18.0 Å². The van der Waals surface area contributed by atoms with E-state index in [0.29, 0.717) is 4.91 Å². The molecule has 0 unspecified atom stereocenters. The van der Waals surface area contributed by atoms with E-state index in [2.05, 4.69) is 72.6 Å². The molecule has 0 aliphatic carbocycles. The molecule has 0 bridgehead atoms. The minimum Gasteiger partial charge on any atom is -0.355 e. The number of thioether (sulfide) groups is 1. The summed E-state index contributed by atoms with van der Waals surface area (Å²) < 4.78 is 0. The largest absolute Gasteiger partial charge is 0.355 e. The number of benzene rings is 2. The highest BCUT2D eigenvalue weighted by Gasteiger charge is 2.25. The van der Waals surface area contributed by atoms with Crippen LogP contribution in [-0.4, -0.2) is 34.2 Å². The molecule has 1 aromatic heterocycles. The van der Waals surface area contributed by atoms with E-state index in [0.717, 1.165) is 91.0 Å². The number of fused-ring (bicyclic) bond motifs is 1. The molecule has 7 heteroatoms. The molecule has 2 amide bonds. The van der Waals surface area contributed by atoms with Crippen LogP contribution in [0.3, 0.4) is 0 Å². The Hall–Kier alpha value is -3.45. The van der Waals surface area contributed by atoms with Gasteiger partial charge in [-0.15, -0.1) is 0 Å². The summed E-state index contributed by atoms with van der Waals surface area (Å²) in [5.41, 5.74) is 7.52. The van der Waals surface area contributed by atoms with Crippen molar-refractivity contribution in [2.24, 2.45) is 0 Å². The number of allylic oxidation sites excluding steroid dienone is 1. The molecule has 6 nitrogen and oxygen atoms in total. The van der Waals surface area contributed by atoms with Crippen molar-refractivity contribution in [3.63, 3.8) is 0 Å². The van der Waals surface area contributed by atoms with Crippen molar-refractivity contribution in [2.45, 2.75) is 46.0 Å². The number of carbonyl (C=O) groups excluding carboxylic acids is 2. The van der Waals surface area contributed by atoms with Gasteiger partial charge in [-0.2, -0.15) is 0 Å². The molecule has 5 rings (SSSR count). The van der Waals surface area contributed by atoms with Crippen LogP contribution in [0.1, 0.15) is 42.5 Å². The highest BCUT2D eigenvalue weighted by atomic mass is 32.2. The van der Waals surface area contributed by atoms with Crippen molar-refractivity contribution in [1.82, 2.24) is 15.3 Å². The highest BCUT2D eigenvalue weighted by molar-refractivity contribution is 8.18. The van der Waals surface area contributed by atoms with Crippen molar-refractivity contribution in [3.8, 4) is 22.5 Å². The van der Waals surface area contributed by atoms with Crippen LogP contribution in [0.5, 0.6) is 0 Å². The lowest BCUT2D eigenvalue weighted by Crippen LogP contribution is -2.32. The number of unbranched alkanes of at least 4 members (excludes halogenated alkanes) is 2. The Balaban J connectivity index is 1.38. The highest BCUT2D eigenvalue weighted by Crippen LogP contribution is 2.35. The summed E-state index contributed by atoms with van der Waals surface area (Å²) >= 11 is 0.984. The first kappa shape index (κ1) is 24.3. The van der Waals surface area contributed by atoms with Gasteiger partial charge in [0.05, 0.1) is 22.0 Å². The van der Waals surface area contributed by atoms with Crippen LogP contribution in [0, 0.1) is 13.8 Å². The SMILES string of the molecule is Cc1ccc(-c2nc3c(nc2-c2ccc(C)cc2)N(CCCCC=C2SC(=O)NC2=O)CCC3)cc1. The number of rotatable bonds is 7. The third kappa shape index (κ3) is 5.36. The molecule has 0 radical (unpaired) electrons. The fourth-order valence-electron chi connectivity index (χ4n) is 4.61. The van der Waals surface area contributed by atoms with E-state index >= 15 is 0 Å². The van der Waals surface area contributed by atoms with Gasteiger partial charge in [0.15, 0.2) is 5.82 Å². The number of nitrogens with one attached hydrogen (secondary N) is 1. The average molecular weight is 499 g/mol. The lowest BCUT2D eigenvalue weighted by molar-refractivity contribution is -0.115. The van der Waals surface area contributed by atoms with Gasteiger partial charge in [0.2, 0.25) is 0 Å². The smallest absolute Gasteiger partial charge is 0.290 e. The van der Waals surface area contributed by atoms with Gasteiger partial charge < -0.3 is 4.90 Å². The molecule has 0 saturated carbocycles. The molecule has 1 saturated heterocycles. The molecule has 0 spiro atoms. The minimum absolute atomic E-state index is 0.279. The van der Waals surface area contributed by atoms with Crippen LogP contribution in [0.2, 0.25) is 0 Å². The first-order valence-electron chi connectivity index (χ1n) is 12.5. The number of carbonyl (C=O) groups is 2. The Bertz CT molecular complexity index is 1320. The number of hydrogen-bond donors (Lipinski definition) is 1. The standard InChI is InChI=1S/C29H30N4O2S/c1-19-9-13-21(14-10-19)25-26(22-15-11-20(2)12-16-22)31-27-23(30-25)7-6-18-33(27)17-5-3-4-8-24-28(34)32-29(35)36-24/h8-16H,3-7,17-18H2,1-2H3,(H,32,34,35). The molecule has 3 aromatic rings. The minimum atomic E-state index is -0.288. The Morgan fingerprint density at radius 2 is 1.56 bits per heavy atom. The van der Waals surface area contributed by atoms with Crippen molar-refractivity contribution < 1.29 is 9.59 Å². The van der Waals surface area contributed by atoms with E-state index < -0.39 is 0 Å². The second-order valence-corrected chi connectivity index (χ2v) is 10.4. The zero-order chi connectivity index (χ0) is 25.1. The monoisotopic (exact) mass is 498 g/mol. The van der Waals surface area contributed by atoms with E-state index in [-0.39, 0.29) is 11.1 Å². The molecule has 2 aromatic carbocycles. The second kappa shape index (κ2) is 10.7. The lowest BCUT2D eigenvalue weighted by atomic mass is 10.0. The number of anilines is 1. The van der Waals surface area contributed by atoms with Crippen LogP contribution in [-0.2, 0) is 11.2 Å². The van der Waals surface area contributed by atoms with Gasteiger partial charge >= 0.3 is 0 Å². The first-order valence-corrected chi connectivity index (χ1v) is 13.3. The third-order valence-corrected chi connectivity index (χ3v) is 7.45. The molecule has 2 aliphatic heterocycles. The van der Waals surface area contributed by atoms with E-state index in [4.69, 9.17) is 9.97 Å². The topological polar surface area (TPSA) is 75.2 Å². The van der Waals surface area contributed by atoms with Gasteiger partial charge in [-0.3, -0.25) is 14.9 Å². The van der Waals surface area contributed by atoms with Gasteiger partial charge in [-0.05, 0) is 57.7 Å². The van der Waals surface area contributed by atoms with Gasteiger partial charge in [0, 0.05) is 24.2 Å². The number of amides is 2. The fourth-order valence-corrected chi connectivity index (χ4v) is 5.30. The van der Waals surface area contributed by atoms with Crippen LogP contribution >= 0.6 is 11.8 Å². The Morgan fingerprint density at radius 1 is 0.917 bits per heavy atom. The zero-order valence-electron chi connectivity index (χ0n) is 20.7. The fraction of sp³-hybridized carbons (Fsp3) is 0.310. The number of hydrogen-bond acceptors (Lipinski definition) is 6. The summed E-state index contributed by atoms with van der Waals surface area (Å²) in [6.45, 7) is 6.04. The first-order chi connectivity index (χ1) is 17.5. The van der Waals surface area contributed by atoms with Crippen LogP contribution < -0.4 is 10.2 Å². The Morgan fingerprint density at radius 3 is 2.17 bits per heavy atom. The summed E-state index contributed by atoms with van der Waals surface area (Å²) in [4.78, 5) is 36.3. The molecular formula is C29H30N4O2S. The van der Waals surface area contributed by atoms with Crippen molar-refractivity contribution in [3.05, 3.63) is 76.3 Å². The zero-order valence-corrected chi connectivity index (χ0v) is 21.5. The summed E-state index contributed by atoms with van der Waals surface area (Å²) in [7, 11) is 0. The molecule has 2 aliphatic rings. The molecule has 0 atom stereocenters. The van der Waals surface area contributed by atoms with Gasteiger partial charge in [0.1, 0.15) is 0 Å². The van der Waals surface area contributed by atoms with E-state index in [1.54, 1.807) is 0 Å². The lowest BCUT2D eigenvalue weighted by Gasteiger charge is -2.30. The van der Waals surface area contributed by atoms with Crippen molar-refractivity contribution >= 4 is 28.7 Å². The maximum atomic E-state index is 11.7. The summed E-state index contributed by atoms with van der Waals surface area (Å²) in [5.74, 6) is 0.709. The van der Waals surface area contributed by atoms with E-state index in [1.807, 2.05) is 6.08 Å². The molecule has 1 N–H and O–H groups in total. The average Bonchev–Trinajstić information content (AvgIpc) is 3.20. The Labute approximate surface area is 216 Å². The maximum Gasteiger partial charge on any atom is 0.290 e. The van der Waals surface area contributed by atoms with Crippen LogP contribution in [0.4, 0.5) is 10.6 Å². The number of aryl methyl sites for hydroxylation is 3. The summed E-state index contributed by atoms with van der Waals surface area (Å²) in [5, 5.41) is 2.02. The predicted molar refractivity (Wildman–Crippen MR) is 146 cm³/mol. The third-order valence-electron chi connectivity index (χ3n) is 6.59. The molecule has 3 heterocycles. The van der Waals surface area contributed by atoms with E-state index in [1.165, 1.54) is 11.1 Å². The van der Waals surface area contributed by atoms with Crippen LogP contribution in [0.15, 0.2) is 59.5 Å². The van der Waals surface area contributed by atoms with E-state index in [9.17, 15) is 9.59 Å². The normalized spacial score (nSPS) is 16.4. The maximum absolute atomic E-state index is 11.7. The van der Waals surface area contributed by atoms with Gasteiger partial charge in [-0.1, -0.05) is 65.7 Å². The summed E-state index contributed by atoms with van der Waals surface area (Å²) in [6.07, 6.45) is 6.55. The number of aromatic nitrogens is 2. The van der Waals surface area contributed by atoms with Gasteiger partial charge in [0.25, 0.3) is 11.1 Å². The second-order valence-electron chi connectivity index (χ2n) is 9.42. The van der Waals surface area contributed by atoms with Gasteiger partial charge in [-0.25, -0.2) is 9.97 Å². The number of nitrogens with zero attached hydrogens (tertiary/aromatic N) is 3. The molecule has 1 fully saturated rings. The molecule has 184 valence electrons. The Kier molecular flexibility index (Phi) is 7.18.